The fourth-order valence-electron chi connectivity index (χ4n) is 3.12. The molecule has 0 unspecified atom stereocenters. The molecule has 108 valence electrons. The molecule has 3 heterocycles. The van der Waals surface area contributed by atoms with Crippen molar-refractivity contribution in [2.24, 2.45) is 5.92 Å². The Hall–Kier alpha value is -1.49. The predicted octanol–water partition coefficient (Wildman–Crippen LogP) is 1.61. The summed E-state index contributed by atoms with van der Waals surface area (Å²) in [7, 11) is 0. The molecule has 0 bridgehead atoms. The fraction of sp³-hybridized carbons (Fsp3) is 0.667. The first-order chi connectivity index (χ1) is 9.84. The Balaban J connectivity index is 1.54. The van der Waals surface area contributed by atoms with Gasteiger partial charge < -0.3 is 9.64 Å². The third kappa shape index (κ3) is 2.98. The van der Waals surface area contributed by atoms with Crippen molar-refractivity contribution in [3.8, 4) is 0 Å². The molecule has 2 aliphatic rings. The highest BCUT2D eigenvalue weighted by Crippen LogP contribution is 2.28. The van der Waals surface area contributed by atoms with Gasteiger partial charge in [0.25, 0.3) is 0 Å². The molecular weight excluding hydrogens is 254 g/mol. The van der Waals surface area contributed by atoms with E-state index in [1.807, 2.05) is 11.1 Å². The van der Waals surface area contributed by atoms with Crippen molar-refractivity contribution in [1.82, 2.24) is 14.9 Å². The van der Waals surface area contributed by atoms with Gasteiger partial charge in [-0.05, 0) is 25.7 Å². The van der Waals surface area contributed by atoms with Crippen LogP contribution in [0.25, 0.3) is 0 Å². The Morgan fingerprint density at radius 2 is 1.90 bits per heavy atom. The molecule has 0 atom stereocenters. The number of piperidine rings is 1. The summed E-state index contributed by atoms with van der Waals surface area (Å²) in [5.41, 5.74) is 1.06. The van der Waals surface area contributed by atoms with E-state index in [-0.39, 0.29) is 5.92 Å². The molecule has 0 saturated carbocycles. The molecule has 3 rings (SSSR count). The summed E-state index contributed by atoms with van der Waals surface area (Å²) in [4.78, 5) is 23.0. The van der Waals surface area contributed by atoms with Gasteiger partial charge in [-0.1, -0.05) is 0 Å². The molecule has 1 aromatic heterocycles. The number of hydrogen-bond donors (Lipinski definition) is 0. The normalized spacial score (nSPS) is 21.9. The van der Waals surface area contributed by atoms with Gasteiger partial charge in [-0.15, -0.1) is 0 Å². The van der Waals surface area contributed by atoms with E-state index >= 15 is 0 Å². The molecular formula is C15H21N3O2. The van der Waals surface area contributed by atoms with Crippen molar-refractivity contribution in [2.45, 2.75) is 31.6 Å². The zero-order valence-corrected chi connectivity index (χ0v) is 11.7. The van der Waals surface area contributed by atoms with Crippen LogP contribution in [0.15, 0.2) is 18.6 Å². The van der Waals surface area contributed by atoms with Gasteiger partial charge in [0.05, 0.1) is 5.69 Å². The molecule has 20 heavy (non-hydrogen) atoms. The zero-order chi connectivity index (χ0) is 13.8. The first kappa shape index (κ1) is 13.5. The Kier molecular flexibility index (Phi) is 4.25. The molecule has 0 radical (unpaired) electrons. The lowest BCUT2D eigenvalue weighted by Crippen LogP contribution is -2.42. The molecule has 0 N–H and O–H groups in total. The van der Waals surface area contributed by atoms with Crippen LogP contribution < -0.4 is 0 Å². The maximum absolute atomic E-state index is 12.4. The molecule has 2 fully saturated rings. The first-order valence-electron chi connectivity index (χ1n) is 7.47. The van der Waals surface area contributed by atoms with Crippen molar-refractivity contribution in [2.75, 3.05) is 26.3 Å². The number of aromatic nitrogens is 2. The van der Waals surface area contributed by atoms with E-state index in [2.05, 4.69) is 9.97 Å². The van der Waals surface area contributed by atoms with Crippen molar-refractivity contribution < 1.29 is 9.53 Å². The molecule has 0 aliphatic carbocycles. The monoisotopic (exact) mass is 275 g/mol. The largest absolute Gasteiger partial charge is 0.381 e. The second-order valence-electron chi connectivity index (χ2n) is 5.62. The fourth-order valence-corrected chi connectivity index (χ4v) is 3.12. The van der Waals surface area contributed by atoms with E-state index in [4.69, 9.17) is 4.74 Å². The number of amides is 1. The molecule has 1 aromatic rings. The minimum Gasteiger partial charge on any atom is -0.381 e. The van der Waals surface area contributed by atoms with Crippen molar-refractivity contribution >= 4 is 5.91 Å². The van der Waals surface area contributed by atoms with Crippen LogP contribution in [0, 0.1) is 5.92 Å². The Bertz CT molecular complexity index is 438. The number of likely N-dealkylation sites (tertiary alicyclic amines) is 1. The van der Waals surface area contributed by atoms with Gasteiger partial charge in [0, 0.05) is 56.7 Å². The highest BCUT2D eigenvalue weighted by molar-refractivity contribution is 5.79. The maximum Gasteiger partial charge on any atom is 0.225 e. The highest BCUT2D eigenvalue weighted by atomic mass is 16.5. The Morgan fingerprint density at radius 1 is 1.15 bits per heavy atom. The smallest absolute Gasteiger partial charge is 0.225 e. The molecule has 5 nitrogen and oxygen atoms in total. The first-order valence-corrected chi connectivity index (χ1v) is 7.47. The number of rotatable bonds is 2. The number of nitrogens with zero attached hydrogens (tertiary/aromatic N) is 3. The van der Waals surface area contributed by atoms with Crippen molar-refractivity contribution in [3.05, 3.63) is 24.3 Å². The van der Waals surface area contributed by atoms with Crippen LogP contribution in [-0.4, -0.2) is 47.1 Å². The van der Waals surface area contributed by atoms with Gasteiger partial charge in [0.15, 0.2) is 0 Å². The lowest BCUT2D eigenvalue weighted by molar-refractivity contribution is -0.139. The van der Waals surface area contributed by atoms with Gasteiger partial charge in [-0.25, -0.2) is 0 Å². The quantitative estimate of drug-likeness (QED) is 0.823. The van der Waals surface area contributed by atoms with Crippen LogP contribution in [0.3, 0.4) is 0 Å². The minimum atomic E-state index is 0.178. The zero-order valence-electron chi connectivity index (χ0n) is 11.7. The van der Waals surface area contributed by atoms with Crippen LogP contribution in [0.2, 0.25) is 0 Å². The number of carbonyl (C=O) groups is 1. The number of carbonyl (C=O) groups excluding carboxylic acids is 1. The summed E-state index contributed by atoms with van der Waals surface area (Å²) in [5.74, 6) is 0.949. The second-order valence-corrected chi connectivity index (χ2v) is 5.62. The van der Waals surface area contributed by atoms with Gasteiger partial charge in [0.1, 0.15) is 0 Å². The van der Waals surface area contributed by atoms with E-state index < -0.39 is 0 Å². The maximum atomic E-state index is 12.4. The van der Waals surface area contributed by atoms with Crippen LogP contribution in [0.1, 0.15) is 37.3 Å². The molecule has 2 aliphatic heterocycles. The van der Waals surface area contributed by atoms with E-state index in [9.17, 15) is 4.79 Å². The highest BCUT2D eigenvalue weighted by Gasteiger charge is 2.30. The van der Waals surface area contributed by atoms with Gasteiger partial charge >= 0.3 is 0 Å². The lowest BCUT2D eigenvalue weighted by Gasteiger charge is -2.34. The van der Waals surface area contributed by atoms with Crippen LogP contribution in [0.5, 0.6) is 0 Å². The van der Waals surface area contributed by atoms with E-state index in [0.29, 0.717) is 11.8 Å². The van der Waals surface area contributed by atoms with E-state index in [1.54, 1.807) is 12.4 Å². The van der Waals surface area contributed by atoms with E-state index in [1.165, 1.54) is 0 Å². The minimum absolute atomic E-state index is 0.178. The van der Waals surface area contributed by atoms with Crippen LogP contribution in [0.4, 0.5) is 0 Å². The van der Waals surface area contributed by atoms with Crippen molar-refractivity contribution in [1.29, 1.82) is 0 Å². The standard InChI is InChI=1S/C15H21N3O2/c19-15(13-3-9-20-10-4-13)18-7-1-12(2-8-18)14-11-16-5-6-17-14/h5-6,11-13H,1-4,7-10H2. The summed E-state index contributed by atoms with van der Waals surface area (Å²) >= 11 is 0. The molecule has 0 aromatic carbocycles. The number of hydrogen-bond acceptors (Lipinski definition) is 4. The van der Waals surface area contributed by atoms with Gasteiger partial charge in [0.2, 0.25) is 5.91 Å². The Morgan fingerprint density at radius 3 is 2.55 bits per heavy atom. The summed E-state index contributed by atoms with van der Waals surface area (Å²) in [6.45, 7) is 3.15. The molecule has 2 saturated heterocycles. The second kappa shape index (κ2) is 6.31. The van der Waals surface area contributed by atoms with Gasteiger partial charge in [-0.2, -0.15) is 0 Å². The molecule has 5 heteroatoms. The van der Waals surface area contributed by atoms with Crippen molar-refractivity contribution in [3.63, 3.8) is 0 Å². The van der Waals surface area contributed by atoms with Crippen LogP contribution >= 0.6 is 0 Å². The van der Waals surface area contributed by atoms with Crippen LogP contribution in [-0.2, 0) is 9.53 Å². The van der Waals surface area contributed by atoms with Gasteiger partial charge in [-0.3, -0.25) is 14.8 Å². The molecule has 0 spiro atoms. The summed E-state index contributed by atoms with van der Waals surface area (Å²) in [6.07, 6.45) is 9.04. The third-order valence-electron chi connectivity index (χ3n) is 4.38. The Labute approximate surface area is 119 Å². The van der Waals surface area contributed by atoms with E-state index in [0.717, 1.165) is 57.7 Å². The average Bonchev–Trinajstić information content (AvgIpc) is 2.56. The summed E-state index contributed by atoms with van der Waals surface area (Å²) in [6, 6.07) is 0. The predicted molar refractivity (Wildman–Crippen MR) is 74.1 cm³/mol. The topological polar surface area (TPSA) is 55.3 Å². The molecule has 1 amide bonds. The lowest BCUT2D eigenvalue weighted by atomic mass is 9.91. The summed E-state index contributed by atoms with van der Waals surface area (Å²) < 4.78 is 5.33. The summed E-state index contributed by atoms with van der Waals surface area (Å²) in [5, 5.41) is 0. The SMILES string of the molecule is O=C(C1CCOCC1)N1CCC(c2cnccn2)CC1. The average molecular weight is 275 g/mol. The number of ether oxygens (including phenoxy) is 1. The third-order valence-corrected chi connectivity index (χ3v) is 4.38.